The SMILES string of the molecule is CCc1ccc(C(C)Nc2cnn(CCOC)c2)s1. The zero-order valence-corrected chi connectivity index (χ0v) is 12.5. The highest BCUT2D eigenvalue weighted by Crippen LogP contribution is 2.26. The van der Waals surface area contributed by atoms with E-state index in [2.05, 4.69) is 36.4 Å². The first-order valence-electron chi connectivity index (χ1n) is 6.59. The normalized spacial score (nSPS) is 12.6. The molecule has 0 fully saturated rings. The molecule has 5 heteroatoms. The Kier molecular flexibility index (Phi) is 4.99. The highest BCUT2D eigenvalue weighted by atomic mass is 32.1. The van der Waals surface area contributed by atoms with Crippen molar-refractivity contribution >= 4 is 17.0 Å². The van der Waals surface area contributed by atoms with Gasteiger partial charge in [0.25, 0.3) is 0 Å². The third-order valence-electron chi connectivity index (χ3n) is 3.00. The molecule has 0 saturated carbocycles. The number of thiophene rings is 1. The van der Waals surface area contributed by atoms with Gasteiger partial charge in [-0.3, -0.25) is 4.68 Å². The summed E-state index contributed by atoms with van der Waals surface area (Å²) in [5, 5.41) is 7.78. The first kappa shape index (κ1) is 14.1. The zero-order valence-electron chi connectivity index (χ0n) is 11.7. The maximum atomic E-state index is 5.04. The summed E-state index contributed by atoms with van der Waals surface area (Å²) in [6, 6.07) is 4.72. The summed E-state index contributed by atoms with van der Waals surface area (Å²) in [5.74, 6) is 0. The molecule has 1 atom stereocenters. The third-order valence-corrected chi connectivity index (χ3v) is 4.41. The van der Waals surface area contributed by atoms with E-state index in [9.17, 15) is 0 Å². The highest BCUT2D eigenvalue weighted by molar-refractivity contribution is 7.12. The number of ether oxygens (including phenoxy) is 1. The molecule has 0 aliphatic heterocycles. The summed E-state index contributed by atoms with van der Waals surface area (Å²) in [6.45, 7) is 5.83. The Labute approximate surface area is 118 Å². The van der Waals surface area contributed by atoms with Crippen LogP contribution in [0.2, 0.25) is 0 Å². The van der Waals surface area contributed by atoms with Crippen LogP contribution in [-0.4, -0.2) is 23.5 Å². The maximum absolute atomic E-state index is 5.04. The van der Waals surface area contributed by atoms with Crippen molar-refractivity contribution in [3.05, 3.63) is 34.3 Å². The van der Waals surface area contributed by atoms with Crippen LogP contribution in [0.25, 0.3) is 0 Å². The first-order chi connectivity index (χ1) is 9.22. The smallest absolute Gasteiger partial charge is 0.0731 e. The van der Waals surface area contributed by atoms with Gasteiger partial charge in [0.15, 0.2) is 0 Å². The van der Waals surface area contributed by atoms with Crippen LogP contribution >= 0.6 is 11.3 Å². The number of aryl methyl sites for hydroxylation is 1. The average molecular weight is 279 g/mol. The van der Waals surface area contributed by atoms with E-state index in [0.717, 1.165) is 18.7 Å². The molecule has 0 spiro atoms. The Morgan fingerprint density at radius 1 is 1.47 bits per heavy atom. The van der Waals surface area contributed by atoms with E-state index in [0.29, 0.717) is 12.6 Å². The molecule has 1 N–H and O–H groups in total. The summed E-state index contributed by atoms with van der Waals surface area (Å²) in [7, 11) is 1.70. The molecule has 0 radical (unpaired) electrons. The van der Waals surface area contributed by atoms with Crippen molar-refractivity contribution in [1.29, 1.82) is 0 Å². The number of hydrogen-bond donors (Lipinski definition) is 1. The average Bonchev–Trinajstić information content (AvgIpc) is 3.05. The minimum atomic E-state index is 0.311. The van der Waals surface area contributed by atoms with E-state index in [1.807, 2.05) is 28.4 Å². The lowest BCUT2D eigenvalue weighted by molar-refractivity contribution is 0.183. The van der Waals surface area contributed by atoms with E-state index < -0.39 is 0 Å². The van der Waals surface area contributed by atoms with E-state index in [1.54, 1.807) is 7.11 Å². The van der Waals surface area contributed by atoms with Crippen LogP contribution in [0.4, 0.5) is 5.69 Å². The molecule has 0 amide bonds. The minimum absolute atomic E-state index is 0.311. The second-order valence-electron chi connectivity index (χ2n) is 4.51. The van der Waals surface area contributed by atoms with Crippen molar-refractivity contribution in [2.75, 3.05) is 19.0 Å². The Hall–Kier alpha value is -1.33. The molecule has 2 aromatic rings. The molecule has 1 unspecified atom stereocenters. The van der Waals surface area contributed by atoms with Gasteiger partial charge in [0.2, 0.25) is 0 Å². The molecule has 19 heavy (non-hydrogen) atoms. The number of rotatable bonds is 7. The fourth-order valence-corrected chi connectivity index (χ4v) is 2.84. The maximum Gasteiger partial charge on any atom is 0.0731 e. The largest absolute Gasteiger partial charge is 0.383 e. The minimum Gasteiger partial charge on any atom is -0.383 e. The standard InChI is InChI=1S/C14H21N3OS/c1-4-13-5-6-14(19-13)11(2)16-12-9-15-17(10-12)7-8-18-3/h5-6,9-11,16H,4,7-8H2,1-3H3. The summed E-state index contributed by atoms with van der Waals surface area (Å²) < 4.78 is 6.93. The van der Waals surface area contributed by atoms with Gasteiger partial charge in [-0.1, -0.05) is 6.92 Å². The third kappa shape index (κ3) is 3.81. The topological polar surface area (TPSA) is 39.1 Å². The van der Waals surface area contributed by atoms with Gasteiger partial charge >= 0.3 is 0 Å². The lowest BCUT2D eigenvalue weighted by atomic mass is 10.2. The van der Waals surface area contributed by atoms with Crippen molar-refractivity contribution in [2.45, 2.75) is 32.9 Å². The zero-order chi connectivity index (χ0) is 13.7. The Morgan fingerprint density at radius 3 is 3.00 bits per heavy atom. The molecule has 0 bridgehead atoms. The second-order valence-corrected chi connectivity index (χ2v) is 5.71. The van der Waals surface area contributed by atoms with Crippen LogP contribution in [0.15, 0.2) is 24.5 Å². The number of methoxy groups -OCH3 is 1. The van der Waals surface area contributed by atoms with Crippen molar-refractivity contribution in [2.24, 2.45) is 0 Å². The molecular formula is C14H21N3OS. The monoisotopic (exact) mass is 279 g/mol. The number of nitrogens with one attached hydrogen (secondary N) is 1. The summed E-state index contributed by atoms with van der Waals surface area (Å²) >= 11 is 1.87. The van der Waals surface area contributed by atoms with E-state index in [1.165, 1.54) is 9.75 Å². The molecule has 0 saturated heterocycles. The number of hydrogen-bond acceptors (Lipinski definition) is 4. The van der Waals surface area contributed by atoms with Crippen LogP contribution in [0.1, 0.15) is 29.6 Å². The lowest BCUT2D eigenvalue weighted by Crippen LogP contribution is -2.05. The van der Waals surface area contributed by atoms with Crippen molar-refractivity contribution < 1.29 is 4.74 Å². The van der Waals surface area contributed by atoms with Crippen molar-refractivity contribution in [3.8, 4) is 0 Å². The van der Waals surface area contributed by atoms with Crippen LogP contribution < -0.4 is 5.32 Å². The number of aromatic nitrogens is 2. The predicted octanol–water partition coefficient (Wildman–Crippen LogP) is 3.33. The quantitative estimate of drug-likeness (QED) is 0.845. The Morgan fingerprint density at radius 2 is 2.32 bits per heavy atom. The molecule has 0 aromatic carbocycles. The molecule has 0 aliphatic rings. The number of anilines is 1. The van der Waals surface area contributed by atoms with E-state index in [-0.39, 0.29) is 0 Å². The fraction of sp³-hybridized carbons (Fsp3) is 0.500. The predicted molar refractivity (Wildman–Crippen MR) is 79.8 cm³/mol. The highest BCUT2D eigenvalue weighted by Gasteiger charge is 2.09. The molecular weight excluding hydrogens is 258 g/mol. The molecule has 2 rings (SSSR count). The molecule has 2 aromatic heterocycles. The van der Waals surface area contributed by atoms with Crippen LogP contribution in [0.3, 0.4) is 0 Å². The van der Waals surface area contributed by atoms with Gasteiger partial charge in [0, 0.05) is 23.1 Å². The summed E-state index contributed by atoms with van der Waals surface area (Å²) in [5.41, 5.74) is 1.05. The van der Waals surface area contributed by atoms with Crippen LogP contribution in [0, 0.1) is 0 Å². The first-order valence-corrected chi connectivity index (χ1v) is 7.41. The van der Waals surface area contributed by atoms with Gasteiger partial charge in [0.05, 0.1) is 31.1 Å². The lowest BCUT2D eigenvalue weighted by Gasteiger charge is -2.11. The van der Waals surface area contributed by atoms with Gasteiger partial charge in [-0.25, -0.2) is 0 Å². The number of nitrogens with zero attached hydrogens (tertiary/aromatic N) is 2. The van der Waals surface area contributed by atoms with Crippen molar-refractivity contribution in [1.82, 2.24) is 9.78 Å². The van der Waals surface area contributed by atoms with Gasteiger partial charge < -0.3 is 10.1 Å². The Bertz CT molecular complexity index is 506. The fourth-order valence-electron chi connectivity index (χ4n) is 1.88. The van der Waals surface area contributed by atoms with Gasteiger partial charge in [-0.15, -0.1) is 11.3 Å². The summed E-state index contributed by atoms with van der Waals surface area (Å²) in [6.07, 6.45) is 4.98. The van der Waals surface area contributed by atoms with Crippen molar-refractivity contribution in [3.63, 3.8) is 0 Å². The molecule has 0 aliphatic carbocycles. The van der Waals surface area contributed by atoms with Crippen LogP contribution in [-0.2, 0) is 17.7 Å². The molecule has 4 nitrogen and oxygen atoms in total. The van der Waals surface area contributed by atoms with Gasteiger partial charge in [0.1, 0.15) is 0 Å². The van der Waals surface area contributed by atoms with Gasteiger partial charge in [-0.05, 0) is 25.5 Å². The summed E-state index contributed by atoms with van der Waals surface area (Å²) in [4.78, 5) is 2.79. The molecule has 2 heterocycles. The van der Waals surface area contributed by atoms with E-state index in [4.69, 9.17) is 4.74 Å². The second kappa shape index (κ2) is 6.73. The molecule has 104 valence electrons. The van der Waals surface area contributed by atoms with Gasteiger partial charge in [-0.2, -0.15) is 5.10 Å². The van der Waals surface area contributed by atoms with E-state index >= 15 is 0 Å². The Balaban J connectivity index is 1.94. The van der Waals surface area contributed by atoms with Crippen LogP contribution in [0.5, 0.6) is 0 Å².